The van der Waals surface area contributed by atoms with Gasteiger partial charge in [0.2, 0.25) is 0 Å². The highest BCUT2D eigenvalue weighted by Gasteiger charge is 2.38. The molecule has 0 heterocycles. The van der Waals surface area contributed by atoms with Crippen molar-refractivity contribution in [3.8, 4) is 0 Å². The number of hydrogen-bond donors (Lipinski definition) is 2. The summed E-state index contributed by atoms with van der Waals surface area (Å²) in [5, 5.41) is 11.7. The monoisotopic (exact) mass is 275 g/mol. The summed E-state index contributed by atoms with van der Waals surface area (Å²) >= 11 is 0. The average Bonchev–Trinajstić information content (AvgIpc) is 2.22. The first-order valence-electron chi connectivity index (χ1n) is 6.19. The molecule has 0 spiro atoms. The van der Waals surface area contributed by atoms with Crippen LogP contribution in [0.3, 0.4) is 0 Å². The van der Waals surface area contributed by atoms with Crippen LogP contribution in [-0.2, 0) is 0 Å². The summed E-state index contributed by atoms with van der Waals surface area (Å²) in [4.78, 5) is 0. The quantitative estimate of drug-likeness (QED) is 0.884. The van der Waals surface area contributed by atoms with Crippen LogP contribution in [0.1, 0.15) is 35.2 Å². The molecule has 0 aliphatic heterocycles. The molecule has 0 saturated heterocycles. The molecule has 0 radical (unpaired) electrons. The van der Waals surface area contributed by atoms with Gasteiger partial charge in [-0.2, -0.15) is 13.2 Å². The van der Waals surface area contributed by atoms with Gasteiger partial charge in [0.15, 0.2) is 6.10 Å². The van der Waals surface area contributed by atoms with Crippen molar-refractivity contribution in [3.63, 3.8) is 0 Å². The number of aliphatic hydroxyl groups is 1. The van der Waals surface area contributed by atoms with Crippen LogP contribution in [0.5, 0.6) is 0 Å². The first-order valence-corrected chi connectivity index (χ1v) is 6.19. The van der Waals surface area contributed by atoms with Gasteiger partial charge in [0.1, 0.15) is 0 Å². The van der Waals surface area contributed by atoms with Crippen LogP contribution in [0.2, 0.25) is 0 Å². The van der Waals surface area contributed by atoms with Gasteiger partial charge >= 0.3 is 6.18 Å². The lowest BCUT2D eigenvalue weighted by Crippen LogP contribution is -2.39. The van der Waals surface area contributed by atoms with E-state index in [0.29, 0.717) is 0 Å². The summed E-state index contributed by atoms with van der Waals surface area (Å²) in [7, 11) is 0. The molecule has 0 fully saturated rings. The highest BCUT2D eigenvalue weighted by Crippen LogP contribution is 2.24. The Morgan fingerprint density at radius 2 is 1.63 bits per heavy atom. The topological polar surface area (TPSA) is 32.3 Å². The second-order valence-corrected chi connectivity index (χ2v) is 5.00. The highest BCUT2D eigenvalue weighted by molar-refractivity contribution is 5.39. The SMILES string of the molecule is Cc1cc(C)c(C(C)NCC(O)C(F)(F)F)c(C)c1. The van der Waals surface area contributed by atoms with Crippen LogP contribution in [0.25, 0.3) is 0 Å². The maximum absolute atomic E-state index is 12.2. The van der Waals surface area contributed by atoms with E-state index in [0.717, 1.165) is 22.3 Å². The van der Waals surface area contributed by atoms with Gasteiger partial charge in [-0.1, -0.05) is 17.7 Å². The Balaban J connectivity index is 2.77. The van der Waals surface area contributed by atoms with Crippen molar-refractivity contribution in [1.29, 1.82) is 0 Å². The van der Waals surface area contributed by atoms with Gasteiger partial charge < -0.3 is 10.4 Å². The number of aryl methyl sites for hydroxylation is 3. The summed E-state index contributed by atoms with van der Waals surface area (Å²) in [5.41, 5.74) is 4.19. The third kappa shape index (κ3) is 4.21. The molecule has 1 aromatic rings. The molecule has 2 nitrogen and oxygen atoms in total. The maximum atomic E-state index is 12.2. The second-order valence-electron chi connectivity index (χ2n) is 5.00. The predicted molar refractivity (Wildman–Crippen MR) is 69.1 cm³/mol. The molecule has 0 amide bonds. The lowest BCUT2D eigenvalue weighted by atomic mass is 9.95. The van der Waals surface area contributed by atoms with Crippen molar-refractivity contribution in [2.75, 3.05) is 6.54 Å². The predicted octanol–water partition coefficient (Wildman–Crippen LogP) is 3.19. The maximum Gasteiger partial charge on any atom is 0.415 e. The summed E-state index contributed by atoms with van der Waals surface area (Å²) in [5.74, 6) is 0. The van der Waals surface area contributed by atoms with Gasteiger partial charge in [-0.15, -0.1) is 0 Å². The molecular weight excluding hydrogens is 255 g/mol. The highest BCUT2D eigenvalue weighted by atomic mass is 19.4. The summed E-state index contributed by atoms with van der Waals surface area (Å²) in [6.45, 7) is 7.15. The third-order valence-electron chi connectivity index (χ3n) is 3.17. The van der Waals surface area contributed by atoms with Gasteiger partial charge in [-0.25, -0.2) is 0 Å². The van der Waals surface area contributed by atoms with Crippen LogP contribution >= 0.6 is 0 Å². The molecule has 108 valence electrons. The van der Waals surface area contributed by atoms with E-state index in [1.165, 1.54) is 0 Å². The second kappa shape index (κ2) is 5.92. The van der Waals surface area contributed by atoms with E-state index in [2.05, 4.69) is 5.32 Å². The van der Waals surface area contributed by atoms with Crippen LogP contribution in [-0.4, -0.2) is 23.9 Å². The Bertz CT molecular complexity index is 420. The molecule has 19 heavy (non-hydrogen) atoms. The van der Waals surface area contributed by atoms with E-state index >= 15 is 0 Å². The third-order valence-corrected chi connectivity index (χ3v) is 3.17. The number of nitrogens with one attached hydrogen (secondary N) is 1. The van der Waals surface area contributed by atoms with Crippen molar-refractivity contribution in [2.45, 2.75) is 46.0 Å². The van der Waals surface area contributed by atoms with Crippen molar-refractivity contribution < 1.29 is 18.3 Å². The van der Waals surface area contributed by atoms with Crippen LogP contribution in [0.15, 0.2) is 12.1 Å². The smallest absolute Gasteiger partial charge is 0.382 e. The van der Waals surface area contributed by atoms with E-state index in [9.17, 15) is 13.2 Å². The Morgan fingerprint density at radius 3 is 2.05 bits per heavy atom. The van der Waals surface area contributed by atoms with Gasteiger partial charge in [-0.3, -0.25) is 0 Å². The molecule has 0 aromatic heterocycles. The summed E-state index contributed by atoms with van der Waals surface area (Å²) in [6.07, 6.45) is -6.91. The Hall–Kier alpha value is -1.07. The zero-order valence-corrected chi connectivity index (χ0v) is 11.6. The molecule has 1 rings (SSSR count). The summed E-state index contributed by atoms with van der Waals surface area (Å²) < 4.78 is 36.7. The van der Waals surface area contributed by atoms with Crippen LogP contribution in [0, 0.1) is 20.8 Å². The molecule has 2 N–H and O–H groups in total. The van der Waals surface area contributed by atoms with Gasteiger partial charge in [-0.05, 0) is 44.4 Å². The molecule has 0 aliphatic rings. The average molecular weight is 275 g/mol. The van der Waals surface area contributed by atoms with Crippen molar-refractivity contribution in [1.82, 2.24) is 5.32 Å². The number of benzene rings is 1. The van der Waals surface area contributed by atoms with E-state index in [4.69, 9.17) is 5.11 Å². The fourth-order valence-corrected chi connectivity index (χ4v) is 2.38. The molecule has 1 aromatic carbocycles. The summed E-state index contributed by atoms with van der Waals surface area (Å²) in [6, 6.07) is 3.76. The van der Waals surface area contributed by atoms with E-state index in [1.54, 1.807) is 6.92 Å². The first-order chi connectivity index (χ1) is 8.62. The number of halogens is 3. The first kappa shape index (κ1) is 16.0. The zero-order valence-electron chi connectivity index (χ0n) is 11.6. The minimum Gasteiger partial charge on any atom is -0.382 e. The molecule has 2 unspecified atom stereocenters. The van der Waals surface area contributed by atoms with Gasteiger partial charge in [0, 0.05) is 12.6 Å². The van der Waals surface area contributed by atoms with Crippen LogP contribution < -0.4 is 5.32 Å². The van der Waals surface area contributed by atoms with Crippen LogP contribution in [0.4, 0.5) is 13.2 Å². The van der Waals surface area contributed by atoms with Crippen molar-refractivity contribution in [3.05, 3.63) is 34.4 Å². The number of alkyl halides is 3. The lowest BCUT2D eigenvalue weighted by molar-refractivity contribution is -0.202. The molecule has 2 atom stereocenters. The number of hydrogen-bond acceptors (Lipinski definition) is 2. The normalized spacial score (nSPS) is 15.4. The standard InChI is InChI=1S/C14H20F3NO/c1-8-5-9(2)13(10(3)6-8)11(4)18-7-12(19)14(15,16)17/h5-6,11-12,18-19H,7H2,1-4H3. The molecular formula is C14H20F3NO. The van der Waals surface area contributed by atoms with Crippen molar-refractivity contribution >= 4 is 0 Å². The van der Waals surface area contributed by atoms with E-state index in [-0.39, 0.29) is 6.04 Å². The largest absolute Gasteiger partial charge is 0.415 e. The Kier molecular flexibility index (Phi) is 4.98. The zero-order chi connectivity index (χ0) is 14.8. The molecule has 0 bridgehead atoms. The minimum absolute atomic E-state index is 0.238. The minimum atomic E-state index is -4.58. The van der Waals surface area contributed by atoms with Gasteiger partial charge in [0.25, 0.3) is 0 Å². The Morgan fingerprint density at radius 1 is 1.16 bits per heavy atom. The van der Waals surface area contributed by atoms with Gasteiger partial charge in [0.05, 0.1) is 0 Å². The van der Waals surface area contributed by atoms with Crippen molar-refractivity contribution in [2.24, 2.45) is 0 Å². The molecule has 0 aliphatic carbocycles. The van der Waals surface area contributed by atoms with E-state index < -0.39 is 18.8 Å². The fraction of sp³-hybridized carbons (Fsp3) is 0.571. The fourth-order valence-electron chi connectivity index (χ4n) is 2.38. The lowest BCUT2D eigenvalue weighted by Gasteiger charge is -2.22. The molecule has 5 heteroatoms. The number of rotatable bonds is 4. The Labute approximate surface area is 111 Å². The van der Waals surface area contributed by atoms with E-state index in [1.807, 2.05) is 32.9 Å². The molecule has 0 saturated carbocycles. The number of aliphatic hydroxyl groups excluding tert-OH is 1.